The van der Waals surface area contributed by atoms with Crippen LogP contribution in [0.25, 0.3) is 11.0 Å². The third-order valence-corrected chi connectivity index (χ3v) is 2.61. The van der Waals surface area contributed by atoms with E-state index in [1.165, 1.54) is 18.2 Å². The highest BCUT2D eigenvalue weighted by Crippen LogP contribution is 2.13. The summed E-state index contributed by atoms with van der Waals surface area (Å²) in [5.74, 6) is -1.65. The van der Waals surface area contributed by atoms with E-state index in [2.05, 4.69) is 4.98 Å². The molecule has 2 rings (SSSR count). The van der Waals surface area contributed by atoms with Crippen LogP contribution in [-0.2, 0) is 16.1 Å². The molecule has 2 N–H and O–H groups in total. The number of nitrogens with one attached hydrogen (secondary N) is 1. The topological polar surface area (TPSA) is 101 Å². The molecule has 7 nitrogen and oxygen atoms in total. The molecule has 0 bridgehead atoms. The number of carboxylic acids is 1. The molecule has 0 aliphatic rings. The number of esters is 1. The maximum atomic E-state index is 11.7. The van der Waals surface area contributed by atoms with E-state index >= 15 is 0 Å². The highest BCUT2D eigenvalue weighted by Gasteiger charge is 2.13. The maximum Gasteiger partial charge on any atom is 0.335 e. The molecule has 0 unspecified atom stereocenters. The van der Waals surface area contributed by atoms with Gasteiger partial charge in [-0.05, 0) is 25.1 Å². The molecule has 19 heavy (non-hydrogen) atoms. The molecule has 0 aliphatic heterocycles. The van der Waals surface area contributed by atoms with Crippen LogP contribution in [0.1, 0.15) is 17.3 Å². The Hall–Kier alpha value is -2.57. The van der Waals surface area contributed by atoms with Gasteiger partial charge in [0.2, 0.25) is 0 Å². The molecule has 0 aliphatic carbocycles. The van der Waals surface area contributed by atoms with Gasteiger partial charge in [-0.3, -0.25) is 9.36 Å². The molecule has 1 heterocycles. The smallest absolute Gasteiger partial charge is 0.335 e. The molecule has 2 aromatic rings. The minimum atomic E-state index is -1.10. The van der Waals surface area contributed by atoms with Gasteiger partial charge >= 0.3 is 17.6 Å². The SMILES string of the molecule is CCOC(=O)Cn1c(=O)[nH]c2ccc(C(=O)O)cc21. The number of imidazole rings is 1. The summed E-state index contributed by atoms with van der Waals surface area (Å²) in [5.41, 5.74) is 0.395. The number of hydrogen-bond acceptors (Lipinski definition) is 4. The molecule has 0 spiro atoms. The number of nitrogens with zero attached hydrogens (tertiary/aromatic N) is 1. The molecule has 0 atom stereocenters. The normalized spacial score (nSPS) is 10.6. The number of hydrogen-bond donors (Lipinski definition) is 2. The molecule has 0 amide bonds. The van der Waals surface area contributed by atoms with E-state index in [0.29, 0.717) is 11.0 Å². The number of rotatable bonds is 4. The second-order valence-corrected chi connectivity index (χ2v) is 3.86. The number of aromatic carboxylic acids is 1. The highest BCUT2D eigenvalue weighted by atomic mass is 16.5. The summed E-state index contributed by atoms with van der Waals surface area (Å²) in [6.45, 7) is 1.63. The zero-order valence-corrected chi connectivity index (χ0v) is 10.2. The van der Waals surface area contributed by atoms with E-state index in [0.717, 1.165) is 4.57 Å². The average molecular weight is 264 g/mol. The van der Waals surface area contributed by atoms with Crippen LogP contribution in [-0.4, -0.2) is 33.2 Å². The summed E-state index contributed by atoms with van der Waals surface area (Å²) in [6, 6.07) is 4.21. The van der Waals surface area contributed by atoms with Gasteiger partial charge < -0.3 is 14.8 Å². The van der Waals surface area contributed by atoms with Crippen LogP contribution in [0.15, 0.2) is 23.0 Å². The van der Waals surface area contributed by atoms with Crippen molar-refractivity contribution in [1.29, 1.82) is 0 Å². The van der Waals surface area contributed by atoms with Gasteiger partial charge in [-0.15, -0.1) is 0 Å². The lowest BCUT2D eigenvalue weighted by Gasteiger charge is -2.03. The molecular weight excluding hydrogens is 252 g/mol. The van der Waals surface area contributed by atoms with E-state index in [4.69, 9.17) is 9.84 Å². The van der Waals surface area contributed by atoms with Crippen molar-refractivity contribution >= 4 is 23.0 Å². The Morgan fingerprint density at radius 1 is 1.42 bits per heavy atom. The second kappa shape index (κ2) is 4.97. The van der Waals surface area contributed by atoms with Gasteiger partial charge in [0.05, 0.1) is 23.2 Å². The van der Waals surface area contributed by atoms with Gasteiger partial charge in [-0.25, -0.2) is 9.59 Å². The fourth-order valence-electron chi connectivity index (χ4n) is 1.78. The lowest BCUT2D eigenvalue weighted by molar-refractivity contribution is -0.143. The predicted octanol–water partition coefficient (Wildman–Crippen LogP) is 0.591. The third-order valence-electron chi connectivity index (χ3n) is 2.61. The highest BCUT2D eigenvalue weighted by molar-refractivity contribution is 5.92. The van der Waals surface area contributed by atoms with Gasteiger partial charge in [0.15, 0.2) is 0 Å². The van der Waals surface area contributed by atoms with Crippen molar-refractivity contribution in [2.75, 3.05) is 6.61 Å². The number of benzene rings is 1. The monoisotopic (exact) mass is 264 g/mol. The molecule has 7 heteroatoms. The van der Waals surface area contributed by atoms with Gasteiger partial charge in [-0.1, -0.05) is 0 Å². The van der Waals surface area contributed by atoms with Crippen LogP contribution in [0.4, 0.5) is 0 Å². The number of aromatic nitrogens is 2. The number of carbonyl (C=O) groups is 2. The fourth-order valence-corrected chi connectivity index (χ4v) is 1.78. The first-order chi connectivity index (χ1) is 9.02. The zero-order valence-electron chi connectivity index (χ0n) is 10.2. The minimum absolute atomic E-state index is 0.0455. The summed E-state index contributed by atoms with van der Waals surface area (Å²) in [7, 11) is 0. The zero-order chi connectivity index (χ0) is 14.0. The summed E-state index contributed by atoms with van der Waals surface area (Å²) >= 11 is 0. The summed E-state index contributed by atoms with van der Waals surface area (Å²) < 4.78 is 5.92. The predicted molar refractivity (Wildman–Crippen MR) is 66.2 cm³/mol. The van der Waals surface area contributed by atoms with Crippen molar-refractivity contribution in [2.24, 2.45) is 0 Å². The van der Waals surface area contributed by atoms with Crippen molar-refractivity contribution in [1.82, 2.24) is 9.55 Å². The molecule has 1 aromatic carbocycles. The van der Waals surface area contributed by atoms with Crippen molar-refractivity contribution in [3.8, 4) is 0 Å². The van der Waals surface area contributed by atoms with E-state index in [1.54, 1.807) is 6.92 Å². The first-order valence-electron chi connectivity index (χ1n) is 5.64. The Bertz CT molecular complexity index is 698. The summed E-state index contributed by atoms with van der Waals surface area (Å²) in [6.07, 6.45) is 0. The van der Waals surface area contributed by atoms with Crippen LogP contribution >= 0.6 is 0 Å². The van der Waals surface area contributed by atoms with Crippen LogP contribution in [0.5, 0.6) is 0 Å². The number of aromatic amines is 1. The van der Waals surface area contributed by atoms with Gasteiger partial charge in [0.25, 0.3) is 0 Å². The third kappa shape index (κ3) is 2.49. The van der Waals surface area contributed by atoms with E-state index in [1.807, 2.05) is 0 Å². The molecule has 1 aromatic heterocycles. The number of carboxylic acid groups (broad SMARTS) is 1. The second-order valence-electron chi connectivity index (χ2n) is 3.86. The van der Waals surface area contributed by atoms with Crippen LogP contribution in [0.3, 0.4) is 0 Å². The summed E-state index contributed by atoms with van der Waals surface area (Å²) in [4.78, 5) is 36.6. The van der Waals surface area contributed by atoms with Crippen molar-refractivity contribution < 1.29 is 19.4 Å². The number of fused-ring (bicyclic) bond motifs is 1. The number of H-pyrrole nitrogens is 1. The summed E-state index contributed by atoms with van der Waals surface area (Å²) in [5, 5.41) is 8.92. The Kier molecular flexibility index (Phi) is 3.37. The quantitative estimate of drug-likeness (QED) is 0.787. The Balaban J connectivity index is 2.50. The molecule has 100 valence electrons. The maximum absolute atomic E-state index is 11.7. The van der Waals surface area contributed by atoms with Gasteiger partial charge in [0, 0.05) is 0 Å². The largest absolute Gasteiger partial charge is 0.478 e. The van der Waals surface area contributed by atoms with Crippen molar-refractivity contribution in [3.05, 3.63) is 34.2 Å². The van der Waals surface area contributed by atoms with E-state index in [9.17, 15) is 14.4 Å². The van der Waals surface area contributed by atoms with Gasteiger partial charge in [-0.2, -0.15) is 0 Å². The fraction of sp³-hybridized carbons (Fsp3) is 0.250. The van der Waals surface area contributed by atoms with Crippen LogP contribution in [0, 0.1) is 0 Å². The lowest BCUT2D eigenvalue weighted by atomic mass is 10.2. The van der Waals surface area contributed by atoms with Crippen molar-refractivity contribution in [3.63, 3.8) is 0 Å². The Morgan fingerprint density at radius 2 is 2.16 bits per heavy atom. The first kappa shape index (κ1) is 12.9. The van der Waals surface area contributed by atoms with Crippen molar-refractivity contribution in [2.45, 2.75) is 13.5 Å². The average Bonchev–Trinajstić information content (AvgIpc) is 2.65. The lowest BCUT2D eigenvalue weighted by Crippen LogP contribution is -2.23. The minimum Gasteiger partial charge on any atom is -0.478 e. The Labute approximate surface area is 107 Å². The number of ether oxygens (including phenoxy) is 1. The van der Waals surface area contributed by atoms with E-state index < -0.39 is 17.6 Å². The van der Waals surface area contributed by atoms with E-state index in [-0.39, 0.29) is 18.7 Å². The standard InChI is InChI=1S/C12H12N2O5/c1-2-19-10(15)6-14-9-5-7(11(16)17)3-4-8(9)13-12(14)18/h3-5H,2,6H2,1H3,(H,13,18)(H,16,17). The van der Waals surface area contributed by atoms with Crippen LogP contribution in [0.2, 0.25) is 0 Å². The Morgan fingerprint density at radius 3 is 2.79 bits per heavy atom. The molecule has 0 fully saturated rings. The molecule has 0 radical (unpaired) electrons. The molecule has 0 saturated heterocycles. The van der Waals surface area contributed by atoms with Crippen LogP contribution < -0.4 is 5.69 Å². The molecular formula is C12H12N2O5. The number of carbonyl (C=O) groups excluding carboxylic acids is 1. The first-order valence-corrected chi connectivity index (χ1v) is 5.64. The molecule has 0 saturated carbocycles. The van der Waals surface area contributed by atoms with Gasteiger partial charge in [0.1, 0.15) is 6.54 Å².